The third-order valence-corrected chi connectivity index (χ3v) is 5.17. The average molecular weight is 420 g/mol. The molecule has 1 saturated heterocycles. The number of amides is 1. The van der Waals surface area contributed by atoms with Crippen molar-refractivity contribution in [3.8, 4) is 11.5 Å². The molecular formula is C20H22ClN3O5. The lowest BCUT2D eigenvalue weighted by atomic mass is 10.0. The lowest BCUT2D eigenvalue weighted by Crippen LogP contribution is -2.33. The summed E-state index contributed by atoms with van der Waals surface area (Å²) in [6, 6.07) is 9.75. The Morgan fingerprint density at radius 1 is 1.28 bits per heavy atom. The second-order valence-corrected chi connectivity index (χ2v) is 7.14. The van der Waals surface area contributed by atoms with Gasteiger partial charge < -0.3 is 14.8 Å². The Labute approximate surface area is 173 Å². The highest BCUT2D eigenvalue weighted by atomic mass is 35.5. The van der Waals surface area contributed by atoms with Gasteiger partial charge >= 0.3 is 0 Å². The number of nitro benzene ring substituents is 1. The van der Waals surface area contributed by atoms with E-state index >= 15 is 0 Å². The molecule has 0 unspecified atom stereocenters. The van der Waals surface area contributed by atoms with Crippen molar-refractivity contribution in [1.82, 2.24) is 4.90 Å². The zero-order chi connectivity index (χ0) is 21.0. The number of methoxy groups -OCH3 is 2. The molecule has 0 aromatic heterocycles. The summed E-state index contributed by atoms with van der Waals surface area (Å²) in [4.78, 5) is 25.3. The molecule has 1 amide bonds. The number of halogens is 1. The maximum absolute atomic E-state index is 12.6. The van der Waals surface area contributed by atoms with Gasteiger partial charge in [-0.05, 0) is 49.7 Å². The summed E-state index contributed by atoms with van der Waals surface area (Å²) < 4.78 is 10.8. The molecule has 0 saturated carbocycles. The van der Waals surface area contributed by atoms with Crippen LogP contribution < -0.4 is 14.8 Å². The van der Waals surface area contributed by atoms with Crippen molar-refractivity contribution in [1.29, 1.82) is 0 Å². The molecule has 0 aliphatic carbocycles. The lowest BCUT2D eigenvalue weighted by Gasteiger charge is -2.26. The fourth-order valence-corrected chi connectivity index (χ4v) is 3.77. The number of likely N-dealkylation sites (tertiary alicyclic amines) is 1. The van der Waals surface area contributed by atoms with E-state index in [0.717, 1.165) is 30.7 Å². The zero-order valence-corrected chi connectivity index (χ0v) is 16.9. The molecule has 1 heterocycles. The van der Waals surface area contributed by atoms with E-state index in [-0.39, 0.29) is 34.9 Å². The number of anilines is 1. The molecule has 9 heteroatoms. The number of nitro groups is 1. The topological polar surface area (TPSA) is 93.9 Å². The van der Waals surface area contributed by atoms with Gasteiger partial charge in [-0.3, -0.25) is 19.8 Å². The molecule has 2 aromatic rings. The largest absolute Gasteiger partial charge is 0.497 e. The van der Waals surface area contributed by atoms with Crippen LogP contribution in [0.15, 0.2) is 36.4 Å². The summed E-state index contributed by atoms with van der Waals surface area (Å²) >= 11 is 5.83. The van der Waals surface area contributed by atoms with Gasteiger partial charge in [-0.25, -0.2) is 0 Å². The lowest BCUT2D eigenvalue weighted by molar-refractivity contribution is -0.383. The summed E-state index contributed by atoms with van der Waals surface area (Å²) in [5.41, 5.74) is 0.840. The summed E-state index contributed by atoms with van der Waals surface area (Å²) in [7, 11) is 3.21. The SMILES string of the molecule is COc1ccc(OC)c([C@@H]2CCCN2CC(=O)Nc2ccc(Cl)cc2[N+](=O)[O-])c1. The van der Waals surface area contributed by atoms with E-state index in [1.165, 1.54) is 18.2 Å². The van der Waals surface area contributed by atoms with Crippen molar-refractivity contribution < 1.29 is 19.2 Å². The molecule has 154 valence electrons. The first kappa shape index (κ1) is 20.9. The Bertz CT molecular complexity index is 921. The van der Waals surface area contributed by atoms with Gasteiger partial charge in [-0.2, -0.15) is 0 Å². The quantitative estimate of drug-likeness (QED) is 0.537. The highest BCUT2D eigenvalue weighted by molar-refractivity contribution is 6.31. The first-order valence-electron chi connectivity index (χ1n) is 9.12. The summed E-state index contributed by atoms with van der Waals surface area (Å²) in [6.45, 7) is 0.839. The van der Waals surface area contributed by atoms with Crippen LogP contribution in [0, 0.1) is 10.1 Å². The molecular weight excluding hydrogens is 398 g/mol. The number of carbonyl (C=O) groups excluding carboxylic acids is 1. The first-order chi connectivity index (χ1) is 13.9. The van der Waals surface area contributed by atoms with Crippen LogP contribution in [0.1, 0.15) is 24.4 Å². The van der Waals surface area contributed by atoms with E-state index in [1.54, 1.807) is 14.2 Å². The summed E-state index contributed by atoms with van der Waals surface area (Å²) in [6.07, 6.45) is 1.80. The molecule has 8 nitrogen and oxygen atoms in total. The van der Waals surface area contributed by atoms with E-state index in [1.807, 2.05) is 23.1 Å². The molecule has 1 aliphatic rings. The predicted octanol–water partition coefficient (Wildman–Crippen LogP) is 4.04. The average Bonchev–Trinajstić information content (AvgIpc) is 3.16. The number of rotatable bonds is 7. The minimum Gasteiger partial charge on any atom is -0.497 e. The van der Waals surface area contributed by atoms with Gasteiger partial charge in [-0.1, -0.05) is 11.6 Å². The van der Waals surface area contributed by atoms with E-state index in [4.69, 9.17) is 21.1 Å². The van der Waals surface area contributed by atoms with Crippen molar-refractivity contribution in [2.45, 2.75) is 18.9 Å². The number of carbonyl (C=O) groups is 1. The fourth-order valence-electron chi connectivity index (χ4n) is 3.60. The standard InChI is InChI=1S/C20H22ClN3O5/c1-28-14-6-8-19(29-2)15(11-14)17-4-3-9-23(17)12-20(25)22-16-7-5-13(21)10-18(16)24(26)27/h5-8,10-11,17H,3-4,9,12H2,1-2H3,(H,22,25)/t17-/m0/s1. The highest BCUT2D eigenvalue weighted by Crippen LogP contribution is 2.38. The van der Waals surface area contributed by atoms with Gasteiger partial charge in [0.05, 0.1) is 25.7 Å². The van der Waals surface area contributed by atoms with Crippen molar-refractivity contribution in [3.63, 3.8) is 0 Å². The van der Waals surface area contributed by atoms with Crippen molar-refractivity contribution in [3.05, 3.63) is 57.1 Å². The third kappa shape index (κ3) is 4.78. The second-order valence-electron chi connectivity index (χ2n) is 6.70. The van der Waals surface area contributed by atoms with Gasteiger partial charge in [0.1, 0.15) is 17.2 Å². The Balaban J connectivity index is 1.77. The first-order valence-corrected chi connectivity index (χ1v) is 9.50. The Morgan fingerprint density at radius 2 is 2.07 bits per heavy atom. The van der Waals surface area contributed by atoms with Gasteiger partial charge in [0, 0.05) is 22.7 Å². The Hall–Kier alpha value is -2.84. The summed E-state index contributed by atoms with van der Waals surface area (Å²) in [5, 5.41) is 14.1. The number of hydrogen-bond donors (Lipinski definition) is 1. The van der Waals surface area contributed by atoms with Gasteiger partial charge in [0.15, 0.2) is 0 Å². The Morgan fingerprint density at radius 3 is 2.76 bits per heavy atom. The van der Waals surface area contributed by atoms with Crippen LogP contribution in [-0.4, -0.2) is 43.0 Å². The number of benzene rings is 2. The monoisotopic (exact) mass is 419 g/mol. The highest BCUT2D eigenvalue weighted by Gasteiger charge is 2.30. The Kier molecular flexibility index (Phi) is 6.56. The molecule has 0 bridgehead atoms. The van der Waals surface area contributed by atoms with E-state index in [9.17, 15) is 14.9 Å². The second kappa shape index (κ2) is 9.11. The molecule has 0 radical (unpaired) electrons. The molecule has 1 atom stereocenters. The molecule has 1 N–H and O–H groups in total. The van der Waals surface area contributed by atoms with Crippen molar-refractivity contribution >= 4 is 28.9 Å². The van der Waals surface area contributed by atoms with Crippen LogP contribution in [0.4, 0.5) is 11.4 Å². The molecule has 29 heavy (non-hydrogen) atoms. The number of nitrogens with one attached hydrogen (secondary N) is 1. The normalized spacial score (nSPS) is 16.4. The van der Waals surface area contributed by atoms with Gasteiger partial charge in [0.2, 0.25) is 5.91 Å². The maximum atomic E-state index is 12.6. The van der Waals surface area contributed by atoms with Crippen LogP contribution in [0.3, 0.4) is 0 Å². The van der Waals surface area contributed by atoms with Gasteiger partial charge in [-0.15, -0.1) is 0 Å². The molecule has 1 fully saturated rings. The van der Waals surface area contributed by atoms with Crippen LogP contribution in [0.5, 0.6) is 11.5 Å². The van der Waals surface area contributed by atoms with E-state index in [2.05, 4.69) is 5.32 Å². The van der Waals surface area contributed by atoms with Crippen LogP contribution in [0.2, 0.25) is 5.02 Å². The maximum Gasteiger partial charge on any atom is 0.294 e. The zero-order valence-electron chi connectivity index (χ0n) is 16.2. The minimum absolute atomic E-state index is 0.00833. The fraction of sp³-hybridized carbons (Fsp3) is 0.350. The third-order valence-electron chi connectivity index (χ3n) is 4.94. The van der Waals surface area contributed by atoms with Crippen LogP contribution in [-0.2, 0) is 4.79 Å². The van der Waals surface area contributed by atoms with E-state index in [0.29, 0.717) is 5.75 Å². The molecule has 3 rings (SSSR count). The number of hydrogen-bond acceptors (Lipinski definition) is 6. The van der Waals surface area contributed by atoms with Crippen molar-refractivity contribution in [2.75, 3.05) is 32.6 Å². The minimum atomic E-state index is -0.568. The van der Waals surface area contributed by atoms with Gasteiger partial charge in [0.25, 0.3) is 5.69 Å². The van der Waals surface area contributed by atoms with Crippen LogP contribution in [0.25, 0.3) is 0 Å². The molecule has 0 spiro atoms. The predicted molar refractivity (Wildman–Crippen MR) is 110 cm³/mol. The summed E-state index contributed by atoms with van der Waals surface area (Å²) in [5.74, 6) is 1.12. The number of nitrogens with zero attached hydrogens (tertiary/aromatic N) is 2. The molecule has 2 aromatic carbocycles. The van der Waals surface area contributed by atoms with Crippen molar-refractivity contribution in [2.24, 2.45) is 0 Å². The van der Waals surface area contributed by atoms with Crippen LogP contribution >= 0.6 is 11.6 Å². The smallest absolute Gasteiger partial charge is 0.294 e. The van der Waals surface area contributed by atoms with E-state index < -0.39 is 4.92 Å². The molecule has 1 aliphatic heterocycles. The number of ether oxygens (including phenoxy) is 2.